The summed E-state index contributed by atoms with van der Waals surface area (Å²) in [4.78, 5) is 32.8. The number of nitrogens with one attached hydrogen (secondary N) is 1. The Hall–Kier alpha value is -2.44. The number of aldehydes is 1. The van der Waals surface area contributed by atoms with Crippen LogP contribution in [-0.2, 0) is 4.79 Å². The van der Waals surface area contributed by atoms with Crippen LogP contribution in [0.1, 0.15) is 44.0 Å². The summed E-state index contributed by atoms with van der Waals surface area (Å²) in [5.74, 6) is 0.424. The molecular formula is C16H22N2O5. The Balaban J connectivity index is 2.55. The fourth-order valence-corrected chi connectivity index (χ4v) is 1.99. The van der Waals surface area contributed by atoms with Gasteiger partial charge in [-0.2, -0.15) is 0 Å². The highest BCUT2D eigenvalue weighted by Crippen LogP contribution is 2.22. The summed E-state index contributed by atoms with van der Waals surface area (Å²) in [6.45, 7) is 5.91. The highest BCUT2D eigenvalue weighted by Gasteiger charge is 2.13. The maximum Gasteiger partial charge on any atom is 0.270 e. The van der Waals surface area contributed by atoms with Gasteiger partial charge in [-0.15, -0.1) is 0 Å². The van der Waals surface area contributed by atoms with Crippen molar-refractivity contribution in [1.82, 2.24) is 5.32 Å². The Kier molecular flexibility index (Phi) is 7.18. The van der Waals surface area contributed by atoms with Crippen molar-refractivity contribution in [3.63, 3.8) is 0 Å². The second-order valence-corrected chi connectivity index (χ2v) is 5.83. The molecule has 0 heterocycles. The van der Waals surface area contributed by atoms with Crippen LogP contribution in [-0.4, -0.2) is 29.8 Å². The summed E-state index contributed by atoms with van der Waals surface area (Å²) >= 11 is 0. The third kappa shape index (κ3) is 6.46. The number of rotatable bonds is 9. The minimum atomic E-state index is -0.597. The van der Waals surface area contributed by atoms with Gasteiger partial charge in [0.1, 0.15) is 5.75 Å². The number of carbonyl (C=O) groups excluding carboxylic acids is 2. The SMILES string of the molecule is CC(C)CC[C@H](C)NC(=O)COc1ccc([N+](=O)[O-])cc1C=O. The van der Waals surface area contributed by atoms with E-state index in [1.165, 1.54) is 12.1 Å². The molecule has 0 aromatic heterocycles. The molecule has 0 saturated heterocycles. The number of ether oxygens (including phenoxy) is 1. The topological polar surface area (TPSA) is 98.5 Å². The van der Waals surface area contributed by atoms with Crippen molar-refractivity contribution < 1.29 is 19.2 Å². The molecule has 1 aromatic carbocycles. The molecule has 0 saturated carbocycles. The van der Waals surface area contributed by atoms with Crippen LogP contribution in [0.15, 0.2) is 18.2 Å². The molecule has 0 bridgehead atoms. The van der Waals surface area contributed by atoms with Crippen LogP contribution >= 0.6 is 0 Å². The smallest absolute Gasteiger partial charge is 0.270 e. The number of nitro benzene ring substituents is 1. The molecular weight excluding hydrogens is 300 g/mol. The van der Waals surface area contributed by atoms with Crippen molar-refractivity contribution in [3.05, 3.63) is 33.9 Å². The van der Waals surface area contributed by atoms with E-state index in [0.717, 1.165) is 18.9 Å². The molecule has 1 atom stereocenters. The largest absolute Gasteiger partial charge is 0.483 e. The molecule has 1 amide bonds. The van der Waals surface area contributed by atoms with Gasteiger partial charge in [0.25, 0.3) is 11.6 Å². The molecule has 7 heteroatoms. The molecule has 0 spiro atoms. The van der Waals surface area contributed by atoms with E-state index in [4.69, 9.17) is 4.74 Å². The number of non-ortho nitro benzene ring substituents is 1. The van der Waals surface area contributed by atoms with E-state index < -0.39 is 4.92 Å². The molecule has 1 rings (SSSR count). The van der Waals surface area contributed by atoms with E-state index in [1.807, 2.05) is 6.92 Å². The molecule has 1 aromatic rings. The van der Waals surface area contributed by atoms with Gasteiger partial charge in [-0.05, 0) is 31.7 Å². The van der Waals surface area contributed by atoms with Crippen molar-refractivity contribution in [3.8, 4) is 5.75 Å². The number of amides is 1. The normalized spacial score (nSPS) is 11.8. The second kappa shape index (κ2) is 8.87. The lowest BCUT2D eigenvalue weighted by Crippen LogP contribution is -2.36. The standard InChI is InChI=1S/C16H22N2O5/c1-11(2)4-5-12(3)17-16(20)10-23-15-7-6-14(18(21)22)8-13(15)9-19/h6-9,11-12H,4-5,10H2,1-3H3,(H,17,20)/t12-/m0/s1. The summed E-state index contributed by atoms with van der Waals surface area (Å²) in [7, 11) is 0. The molecule has 0 aliphatic rings. The predicted octanol–water partition coefficient (Wildman–Crippen LogP) is 2.73. The van der Waals surface area contributed by atoms with Gasteiger partial charge in [-0.1, -0.05) is 13.8 Å². The Morgan fingerprint density at radius 3 is 2.61 bits per heavy atom. The zero-order valence-electron chi connectivity index (χ0n) is 13.6. The van der Waals surface area contributed by atoms with E-state index in [-0.39, 0.29) is 35.6 Å². The summed E-state index contributed by atoms with van der Waals surface area (Å²) < 4.78 is 5.29. The molecule has 126 valence electrons. The van der Waals surface area contributed by atoms with Crippen LogP contribution in [0, 0.1) is 16.0 Å². The zero-order chi connectivity index (χ0) is 17.4. The van der Waals surface area contributed by atoms with E-state index in [2.05, 4.69) is 19.2 Å². The molecule has 7 nitrogen and oxygen atoms in total. The van der Waals surface area contributed by atoms with Crippen LogP contribution < -0.4 is 10.1 Å². The quantitative estimate of drug-likeness (QED) is 0.428. The maximum absolute atomic E-state index is 11.8. The Morgan fingerprint density at radius 1 is 1.35 bits per heavy atom. The van der Waals surface area contributed by atoms with E-state index >= 15 is 0 Å². The number of nitro groups is 1. The van der Waals surface area contributed by atoms with Crippen LogP contribution in [0.4, 0.5) is 5.69 Å². The van der Waals surface area contributed by atoms with Crippen LogP contribution in [0.2, 0.25) is 0 Å². The van der Waals surface area contributed by atoms with Gasteiger partial charge in [0.15, 0.2) is 12.9 Å². The molecule has 0 radical (unpaired) electrons. The average molecular weight is 322 g/mol. The van der Waals surface area contributed by atoms with Crippen molar-refractivity contribution in [1.29, 1.82) is 0 Å². The zero-order valence-corrected chi connectivity index (χ0v) is 13.6. The van der Waals surface area contributed by atoms with Crippen molar-refractivity contribution >= 4 is 17.9 Å². The number of hydrogen-bond acceptors (Lipinski definition) is 5. The van der Waals surface area contributed by atoms with E-state index in [9.17, 15) is 19.7 Å². The molecule has 23 heavy (non-hydrogen) atoms. The second-order valence-electron chi connectivity index (χ2n) is 5.83. The summed E-state index contributed by atoms with van der Waals surface area (Å²) in [6, 6.07) is 3.70. The van der Waals surface area contributed by atoms with Crippen LogP contribution in [0.25, 0.3) is 0 Å². The first-order chi connectivity index (χ1) is 10.8. The minimum absolute atomic E-state index is 0.0379. The van der Waals surface area contributed by atoms with Crippen LogP contribution in [0.3, 0.4) is 0 Å². The Labute approximate surface area is 135 Å². The number of nitrogens with zero attached hydrogens (tertiary/aromatic N) is 1. The van der Waals surface area contributed by atoms with Gasteiger partial charge in [0.05, 0.1) is 10.5 Å². The molecule has 1 N–H and O–H groups in total. The van der Waals surface area contributed by atoms with Crippen molar-refractivity contribution in [2.45, 2.75) is 39.7 Å². The van der Waals surface area contributed by atoms with Gasteiger partial charge in [-0.25, -0.2) is 0 Å². The summed E-state index contributed by atoms with van der Waals surface area (Å²) in [6.07, 6.45) is 2.35. The number of hydrogen-bond donors (Lipinski definition) is 1. The minimum Gasteiger partial charge on any atom is -0.483 e. The van der Waals surface area contributed by atoms with Crippen molar-refractivity contribution in [2.24, 2.45) is 5.92 Å². The average Bonchev–Trinajstić information content (AvgIpc) is 2.50. The van der Waals surface area contributed by atoms with Gasteiger partial charge in [0, 0.05) is 18.2 Å². The van der Waals surface area contributed by atoms with Crippen LogP contribution in [0.5, 0.6) is 5.75 Å². The molecule has 0 aliphatic carbocycles. The summed E-state index contributed by atoms with van der Waals surface area (Å²) in [5.41, 5.74) is -0.161. The Bertz CT molecular complexity index is 572. The molecule has 0 unspecified atom stereocenters. The van der Waals surface area contributed by atoms with Crippen molar-refractivity contribution in [2.75, 3.05) is 6.61 Å². The Morgan fingerprint density at radius 2 is 2.04 bits per heavy atom. The van der Waals surface area contributed by atoms with Gasteiger partial charge in [-0.3, -0.25) is 19.7 Å². The number of benzene rings is 1. The first-order valence-corrected chi connectivity index (χ1v) is 7.49. The monoisotopic (exact) mass is 322 g/mol. The lowest BCUT2D eigenvalue weighted by Gasteiger charge is -2.15. The summed E-state index contributed by atoms with van der Waals surface area (Å²) in [5, 5.41) is 13.5. The van der Waals surface area contributed by atoms with E-state index in [1.54, 1.807) is 0 Å². The van der Waals surface area contributed by atoms with Gasteiger partial charge < -0.3 is 10.1 Å². The third-order valence-corrected chi connectivity index (χ3v) is 3.27. The lowest BCUT2D eigenvalue weighted by atomic mass is 10.0. The van der Waals surface area contributed by atoms with E-state index in [0.29, 0.717) is 12.2 Å². The fourth-order valence-electron chi connectivity index (χ4n) is 1.99. The fraction of sp³-hybridized carbons (Fsp3) is 0.500. The maximum atomic E-state index is 11.8. The lowest BCUT2D eigenvalue weighted by molar-refractivity contribution is -0.384. The number of carbonyl (C=O) groups is 2. The highest BCUT2D eigenvalue weighted by atomic mass is 16.6. The third-order valence-electron chi connectivity index (χ3n) is 3.27. The molecule has 0 fully saturated rings. The first kappa shape index (κ1) is 18.6. The predicted molar refractivity (Wildman–Crippen MR) is 85.7 cm³/mol. The molecule has 0 aliphatic heterocycles. The van der Waals surface area contributed by atoms with Gasteiger partial charge >= 0.3 is 0 Å². The van der Waals surface area contributed by atoms with Gasteiger partial charge in [0.2, 0.25) is 0 Å². The first-order valence-electron chi connectivity index (χ1n) is 7.49. The highest BCUT2D eigenvalue weighted by molar-refractivity contribution is 5.82.